The second kappa shape index (κ2) is 5.08. The number of benzene rings is 1. The molecule has 0 amide bonds. The first kappa shape index (κ1) is 14.2. The summed E-state index contributed by atoms with van der Waals surface area (Å²) in [4.78, 5) is 20.3. The van der Waals surface area contributed by atoms with Crippen molar-refractivity contribution in [3.63, 3.8) is 0 Å². The van der Waals surface area contributed by atoms with E-state index in [9.17, 15) is 4.79 Å². The summed E-state index contributed by atoms with van der Waals surface area (Å²) in [6.45, 7) is 1.79. The summed E-state index contributed by atoms with van der Waals surface area (Å²) in [5, 5.41) is 6.19. The number of rotatable bonds is 1. The quantitative estimate of drug-likeness (QED) is 0.569. The SMILES string of the molecule is Cc1nn(-c2ccccn2)c2[nH]c3c(Cl)cc(Cl)cc3c(=O)c12. The fourth-order valence-electron chi connectivity index (χ4n) is 2.69. The molecule has 0 fully saturated rings. The molecule has 4 aromatic rings. The van der Waals surface area contributed by atoms with E-state index < -0.39 is 0 Å². The molecular weight excluding hydrogens is 335 g/mol. The van der Waals surface area contributed by atoms with Gasteiger partial charge in [-0.15, -0.1) is 0 Å². The standard InChI is InChI=1S/C16H10Cl2N4O/c1-8-13-15(23)10-6-9(17)7-11(18)14(10)20-16(13)22(21-8)12-4-2-3-5-19-12/h2-7H,1H3,(H,20,23). The zero-order valence-electron chi connectivity index (χ0n) is 12.0. The predicted octanol–water partition coefficient (Wildman–Crippen LogP) is 3.88. The average molecular weight is 345 g/mol. The van der Waals surface area contributed by atoms with Crippen LogP contribution in [-0.4, -0.2) is 19.7 Å². The first-order chi connectivity index (χ1) is 11.1. The normalized spacial score (nSPS) is 11.4. The molecule has 1 N–H and O–H groups in total. The summed E-state index contributed by atoms with van der Waals surface area (Å²) in [5.74, 6) is 0.616. The fourth-order valence-corrected chi connectivity index (χ4v) is 3.23. The number of pyridine rings is 2. The van der Waals surface area contributed by atoms with Crippen molar-refractivity contribution in [1.29, 1.82) is 0 Å². The summed E-state index contributed by atoms with van der Waals surface area (Å²) in [6, 6.07) is 8.70. The van der Waals surface area contributed by atoms with E-state index in [0.29, 0.717) is 43.5 Å². The Balaban J connectivity index is 2.20. The maximum atomic E-state index is 12.8. The number of nitrogens with one attached hydrogen (secondary N) is 1. The van der Waals surface area contributed by atoms with E-state index in [4.69, 9.17) is 23.2 Å². The molecule has 1 aromatic carbocycles. The van der Waals surface area contributed by atoms with E-state index in [-0.39, 0.29) is 5.43 Å². The molecule has 0 unspecified atom stereocenters. The van der Waals surface area contributed by atoms with Crippen molar-refractivity contribution in [2.75, 3.05) is 0 Å². The lowest BCUT2D eigenvalue weighted by Crippen LogP contribution is -2.06. The van der Waals surface area contributed by atoms with Crippen molar-refractivity contribution in [2.24, 2.45) is 0 Å². The summed E-state index contributed by atoms with van der Waals surface area (Å²) < 4.78 is 1.61. The third kappa shape index (κ3) is 2.12. The number of nitrogens with zero attached hydrogens (tertiary/aromatic N) is 3. The van der Waals surface area contributed by atoms with E-state index in [2.05, 4.69) is 15.1 Å². The van der Waals surface area contributed by atoms with Gasteiger partial charge in [-0.3, -0.25) is 4.79 Å². The Morgan fingerprint density at radius 1 is 1.22 bits per heavy atom. The number of hydrogen-bond acceptors (Lipinski definition) is 3. The second-order valence-electron chi connectivity index (χ2n) is 5.17. The van der Waals surface area contributed by atoms with Gasteiger partial charge in [0.1, 0.15) is 5.65 Å². The van der Waals surface area contributed by atoms with Crippen LogP contribution in [0.15, 0.2) is 41.3 Å². The Bertz CT molecular complexity index is 1120. The number of aromatic amines is 1. The molecule has 0 aliphatic rings. The van der Waals surface area contributed by atoms with Gasteiger partial charge in [-0.25, -0.2) is 4.98 Å². The smallest absolute Gasteiger partial charge is 0.200 e. The van der Waals surface area contributed by atoms with Crippen LogP contribution in [0, 0.1) is 6.92 Å². The molecule has 0 bridgehead atoms. The third-order valence-corrected chi connectivity index (χ3v) is 4.21. The summed E-state index contributed by atoms with van der Waals surface area (Å²) in [6.07, 6.45) is 1.67. The van der Waals surface area contributed by atoms with Crippen LogP contribution in [0.5, 0.6) is 0 Å². The van der Waals surface area contributed by atoms with E-state index in [1.807, 2.05) is 18.2 Å². The van der Waals surface area contributed by atoms with Gasteiger partial charge < -0.3 is 4.98 Å². The fraction of sp³-hybridized carbons (Fsp3) is 0.0625. The van der Waals surface area contributed by atoms with Gasteiger partial charge in [-0.2, -0.15) is 9.78 Å². The van der Waals surface area contributed by atoms with Gasteiger partial charge in [-0.1, -0.05) is 29.3 Å². The highest BCUT2D eigenvalue weighted by atomic mass is 35.5. The molecule has 5 nitrogen and oxygen atoms in total. The van der Waals surface area contributed by atoms with Crippen LogP contribution in [0.2, 0.25) is 10.0 Å². The lowest BCUT2D eigenvalue weighted by molar-refractivity contribution is 0.849. The van der Waals surface area contributed by atoms with Crippen LogP contribution in [-0.2, 0) is 0 Å². The number of H-pyrrole nitrogens is 1. The van der Waals surface area contributed by atoms with Crippen LogP contribution in [0.3, 0.4) is 0 Å². The molecule has 0 saturated heterocycles. The zero-order chi connectivity index (χ0) is 16.1. The van der Waals surface area contributed by atoms with E-state index >= 15 is 0 Å². The highest BCUT2D eigenvalue weighted by Gasteiger charge is 2.17. The van der Waals surface area contributed by atoms with Gasteiger partial charge in [0.15, 0.2) is 5.82 Å². The molecule has 0 aliphatic carbocycles. The van der Waals surface area contributed by atoms with E-state index in [0.717, 1.165) is 0 Å². The van der Waals surface area contributed by atoms with Crippen LogP contribution in [0.1, 0.15) is 5.69 Å². The molecule has 0 saturated carbocycles. The van der Waals surface area contributed by atoms with Crippen LogP contribution < -0.4 is 5.43 Å². The van der Waals surface area contributed by atoms with Crippen molar-refractivity contribution < 1.29 is 0 Å². The number of halogens is 2. The number of hydrogen-bond donors (Lipinski definition) is 1. The van der Waals surface area contributed by atoms with Crippen LogP contribution in [0.4, 0.5) is 0 Å². The summed E-state index contributed by atoms with van der Waals surface area (Å²) in [7, 11) is 0. The van der Waals surface area contributed by atoms with Gasteiger partial charge in [0.05, 0.1) is 21.6 Å². The largest absolute Gasteiger partial charge is 0.338 e. The van der Waals surface area contributed by atoms with Crippen LogP contribution in [0.25, 0.3) is 27.8 Å². The zero-order valence-corrected chi connectivity index (χ0v) is 13.5. The molecule has 0 radical (unpaired) electrons. The number of fused-ring (bicyclic) bond motifs is 2. The van der Waals surface area contributed by atoms with Gasteiger partial charge in [0.25, 0.3) is 0 Å². The lowest BCUT2D eigenvalue weighted by atomic mass is 10.1. The molecule has 4 rings (SSSR count). The monoisotopic (exact) mass is 344 g/mol. The van der Waals surface area contributed by atoms with Gasteiger partial charge in [-0.05, 0) is 31.2 Å². The summed E-state index contributed by atoms with van der Waals surface area (Å²) >= 11 is 12.3. The first-order valence-electron chi connectivity index (χ1n) is 6.88. The van der Waals surface area contributed by atoms with Crippen molar-refractivity contribution in [3.05, 3.63) is 62.5 Å². The number of aryl methyl sites for hydroxylation is 1. The van der Waals surface area contributed by atoms with Crippen molar-refractivity contribution in [3.8, 4) is 5.82 Å². The first-order valence-corrected chi connectivity index (χ1v) is 7.63. The minimum atomic E-state index is -0.155. The van der Waals surface area contributed by atoms with E-state index in [1.165, 1.54) is 0 Å². The Hall–Kier alpha value is -2.37. The Kier molecular flexibility index (Phi) is 3.14. The molecule has 23 heavy (non-hydrogen) atoms. The minimum absolute atomic E-state index is 0.155. The van der Waals surface area contributed by atoms with Gasteiger partial charge >= 0.3 is 0 Å². The van der Waals surface area contributed by atoms with Gasteiger partial charge in [0, 0.05) is 16.6 Å². The molecule has 0 atom stereocenters. The minimum Gasteiger partial charge on any atom is -0.338 e. The van der Waals surface area contributed by atoms with Crippen LogP contribution >= 0.6 is 23.2 Å². The predicted molar refractivity (Wildman–Crippen MR) is 91.7 cm³/mol. The maximum Gasteiger partial charge on any atom is 0.200 e. The summed E-state index contributed by atoms with van der Waals surface area (Å²) in [5.41, 5.74) is 1.55. The highest BCUT2D eigenvalue weighted by Crippen LogP contribution is 2.27. The molecule has 0 aliphatic heterocycles. The molecular formula is C16H10Cl2N4O. The van der Waals surface area contributed by atoms with Gasteiger partial charge in [0.2, 0.25) is 5.43 Å². The lowest BCUT2D eigenvalue weighted by Gasteiger charge is -2.05. The third-order valence-electron chi connectivity index (χ3n) is 3.70. The molecule has 114 valence electrons. The average Bonchev–Trinajstić information content (AvgIpc) is 2.87. The topological polar surface area (TPSA) is 63.6 Å². The van der Waals surface area contributed by atoms with Crippen molar-refractivity contribution in [2.45, 2.75) is 6.92 Å². The molecule has 3 aromatic heterocycles. The second-order valence-corrected chi connectivity index (χ2v) is 6.02. The Morgan fingerprint density at radius 3 is 2.78 bits per heavy atom. The number of aromatic nitrogens is 4. The molecule has 3 heterocycles. The maximum absolute atomic E-state index is 12.8. The molecule has 0 spiro atoms. The highest BCUT2D eigenvalue weighted by molar-refractivity contribution is 6.38. The van der Waals surface area contributed by atoms with Crippen molar-refractivity contribution >= 4 is 45.1 Å². The van der Waals surface area contributed by atoms with E-state index in [1.54, 1.807) is 29.9 Å². The Labute approximate surface area is 140 Å². The Morgan fingerprint density at radius 2 is 2.04 bits per heavy atom. The molecule has 7 heteroatoms. The van der Waals surface area contributed by atoms with Crippen molar-refractivity contribution in [1.82, 2.24) is 19.7 Å².